The summed E-state index contributed by atoms with van der Waals surface area (Å²) in [5, 5.41) is 2.77. The van der Waals surface area contributed by atoms with E-state index in [9.17, 15) is 9.59 Å². The molecular weight excluding hydrogens is 254 g/mol. The Morgan fingerprint density at radius 2 is 1.95 bits per heavy atom. The number of anilines is 1. The molecule has 5 nitrogen and oxygen atoms in total. The summed E-state index contributed by atoms with van der Waals surface area (Å²) in [6, 6.07) is 6.79. The van der Waals surface area contributed by atoms with Gasteiger partial charge < -0.3 is 11.1 Å². The molecule has 2 rings (SSSR count). The van der Waals surface area contributed by atoms with Gasteiger partial charge >= 0.3 is 0 Å². The molecule has 1 heterocycles. The van der Waals surface area contributed by atoms with E-state index >= 15 is 0 Å². The Kier molecular flexibility index (Phi) is 4.74. The van der Waals surface area contributed by atoms with Gasteiger partial charge in [-0.3, -0.25) is 14.5 Å². The number of rotatable bonds is 4. The maximum Gasteiger partial charge on any atom is 0.250 e. The molecule has 0 saturated carbocycles. The van der Waals surface area contributed by atoms with E-state index in [2.05, 4.69) is 17.1 Å². The Bertz CT molecular complexity index is 494. The quantitative estimate of drug-likeness (QED) is 0.873. The molecular formula is C15H21N3O2. The Morgan fingerprint density at radius 1 is 1.30 bits per heavy atom. The van der Waals surface area contributed by atoms with Gasteiger partial charge in [-0.15, -0.1) is 0 Å². The van der Waals surface area contributed by atoms with Crippen molar-refractivity contribution in [3.05, 3.63) is 29.8 Å². The van der Waals surface area contributed by atoms with Crippen LogP contribution in [0.5, 0.6) is 0 Å². The van der Waals surface area contributed by atoms with Gasteiger partial charge in [-0.1, -0.05) is 19.1 Å². The molecule has 0 atom stereocenters. The van der Waals surface area contributed by atoms with Crippen LogP contribution in [0.15, 0.2) is 24.3 Å². The summed E-state index contributed by atoms with van der Waals surface area (Å²) >= 11 is 0. The number of primary amides is 1. The Morgan fingerprint density at radius 3 is 2.60 bits per heavy atom. The highest BCUT2D eigenvalue weighted by atomic mass is 16.2. The number of carbonyl (C=O) groups is 2. The molecule has 1 saturated heterocycles. The van der Waals surface area contributed by atoms with Crippen LogP contribution in [0.4, 0.5) is 5.69 Å². The molecule has 1 aromatic rings. The van der Waals surface area contributed by atoms with Gasteiger partial charge in [0.15, 0.2) is 0 Å². The minimum absolute atomic E-state index is 0.103. The highest BCUT2D eigenvalue weighted by molar-refractivity contribution is 6.03. The fourth-order valence-electron chi connectivity index (χ4n) is 2.42. The lowest BCUT2D eigenvalue weighted by molar-refractivity contribution is -0.117. The van der Waals surface area contributed by atoms with Crippen LogP contribution in [0.25, 0.3) is 0 Å². The van der Waals surface area contributed by atoms with E-state index in [1.807, 2.05) is 0 Å². The third-order valence-corrected chi connectivity index (χ3v) is 3.71. The fraction of sp³-hybridized carbons (Fsp3) is 0.467. The van der Waals surface area contributed by atoms with Gasteiger partial charge in [-0.25, -0.2) is 0 Å². The molecule has 1 aliphatic heterocycles. The Hall–Kier alpha value is -1.88. The van der Waals surface area contributed by atoms with Gasteiger partial charge in [0.05, 0.1) is 17.8 Å². The van der Waals surface area contributed by atoms with Crippen molar-refractivity contribution in [2.75, 3.05) is 25.0 Å². The average molecular weight is 275 g/mol. The van der Waals surface area contributed by atoms with Crippen LogP contribution in [-0.4, -0.2) is 36.3 Å². The van der Waals surface area contributed by atoms with Crippen molar-refractivity contribution >= 4 is 17.5 Å². The number of carbonyl (C=O) groups excluding carboxylic acids is 2. The second-order valence-electron chi connectivity index (χ2n) is 5.42. The minimum atomic E-state index is -0.535. The lowest BCUT2D eigenvalue weighted by atomic mass is 9.99. The number of likely N-dealkylation sites (tertiary alicyclic amines) is 1. The smallest absolute Gasteiger partial charge is 0.250 e. The molecule has 5 heteroatoms. The van der Waals surface area contributed by atoms with Crippen molar-refractivity contribution in [3.8, 4) is 0 Å². The van der Waals surface area contributed by atoms with Crippen LogP contribution >= 0.6 is 0 Å². The van der Waals surface area contributed by atoms with E-state index in [0.717, 1.165) is 31.8 Å². The number of amides is 2. The summed E-state index contributed by atoms with van der Waals surface area (Å²) in [5.41, 5.74) is 6.11. The van der Waals surface area contributed by atoms with Crippen molar-refractivity contribution in [3.63, 3.8) is 0 Å². The third kappa shape index (κ3) is 3.81. The van der Waals surface area contributed by atoms with E-state index in [1.165, 1.54) is 0 Å². The molecule has 108 valence electrons. The Balaban J connectivity index is 1.93. The summed E-state index contributed by atoms with van der Waals surface area (Å²) < 4.78 is 0. The first-order chi connectivity index (χ1) is 9.56. The second-order valence-corrected chi connectivity index (χ2v) is 5.42. The minimum Gasteiger partial charge on any atom is -0.366 e. The lowest BCUT2D eigenvalue weighted by Crippen LogP contribution is -2.38. The van der Waals surface area contributed by atoms with Crippen LogP contribution in [-0.2, 0) is 4.79 Å². The van der Waals surface area contributed by atoms with Gasteiger partial charge in [-0.2, -0.15) is 0 Å². The number of para-hydroxylation sites is 1. The molecule has 20 heavy (non-hydrogen) atoms. The first-order valence-corrected chi connectivity index (χ1v) is 6.97. The number of hydrogen-bond donors (Lipinski definition) is 2. The largest absolute Gasteiger partial charge is 0.366 e. The molecule has 2 amide bonds. The molecule has 1 aromatic carbocycles. The molecule has 3 N–H and O–H groups in total. The molecule has 0 bridgehead atoms. The Labute approximate surface area is 119 Å². The monoisotopic (exact) mass is 275 g/mol. The molecule has 0 aliphatic carbocycles. The van der Waals surface area contributed by atoms with Crippen LogP contribution in [0.1, 0.15) is 30.1 Å². The van der Waals surface area contributed by atoms with Gasteiger partial charge in [-0.05, 0) is 44.0 Å². The molecule has 0 aromatic heterocycles. The zero-order valence-electron chi connectivity index (χ0n) is 11.8. The standard InChI is InChI=1S/C15H21N3O2/c1-11-6-8-18(9-7-11)10-14(19)17-13-5-3-2-4-12(13)15(16)20/h2-5,11H,6-10H2,1H3,(H2,16,20)(H,17,19). The van der Waals surface area contributed by atoms with Crippen LogP contribution in [0.2, 0.25) is 0 Å². The summed E-state index contributed by atoms with van der Waals surface area (Å²) in [4.78, 5) is 25.5. The van der Waals surface area contributed by atoms with Crippen molar-refractivity contribution in [1.29, 1.82) is 0 Å². The molecule has 1 fully saturated rings. The van der Waals surface area contributed by atoms with Gasteiger partial charge in [0, 0.05) is 0 Å². The van der Waals surface area contributed by atoms with Gasteiger partial charge in [0.2, 0.25) is 5.91 Å². The summed E-state index contributed by atoms with van der Waals surface area (Å²) in [6.07, 6.45) is 2.26. The third-order valence-electron chi connectivity index (χ3n) is 3.71. The average Bonchev–Trinajstić information content (AvgIpc) is 2.41. The van der Waals surface area contributed by atoms with Crippen molar-refractivity contribution in [2.45, 2.75) is 19.8 Å². The number of nitrogens with two attached hydrogens (primary N) is 1. The normalized spacial score (nSPS) is 16.9. The van der Waals surface area contributed by atoms with E-state index in [-0.39, 0.29) is 5.91 Å². The van der Waals surface area contributed by atoms with Crippen LogP contribution in [0.3, 0.4) is 0 Å². The summed E-state index contributed by atoms with van der Waals surface area (Å²) in [6.45, 7) is 4.50. The van der Waals surface area contributed by atoms with E-state index in [1.54, 1.807) is 24.3 Å². The van der Waals surface area contributed by atoms with E-state index < -0.39 is 5.91 Å². The number of piperidine rings is 1. The zero-order valence-corrected chi connectivity index (χ0v) is 11.8. The maximum absolute atomic E-state index is 12.0. The first-order valence-electron chi connectivity index (χ1n) is 6.97. The number of nitrogens with one attached hydrogen (secondary N) is 1. The number of benzene rings is 1. The van der Waals surface area contributed by atoms with Gasteiger partial charge in [0.1, 0.15) is 0 Å². The van der Waals surface area contributed by atoms with Crippen molar-refractivity contribution < 1.29 is 9.59 Å². The van der Waals surface area contributed by atoms with E-state index in [0.29, 0.717) is 17.8 Å². The summed E-state index contributed by atoms with van der Waals surface area (Å²) in [7, 11) is 0. The fourth-order valence-corrected chi connectivity index (χ4v) is 2.42. The highest BCUT2D eigenvalue weighted by Gasteiger charge is 2.18. The first kappa shape index (κ1) is 14.5. The molecule has 1 aliphatic rings. The number of hydrogen-bond acceptors (Lipinski definition) is 3. The topological polar surface area (TPSA) is 75.4 Å². The maximum atomic E-state index is 12.0. The predicted octanol–water partition coefficient (Wildman–Crippen LogP) is 1.46. The SMILES string of the molecule is CC1CCN(CC(=O)Nc2ccccc2C(N)=O)CC1. The highest BCUT2D eigenvalue weighted by Crippen LogP contribution is 2.17. The predicted molar refractivity (Wildman–Crippen MR) is 78.4 cm³/mol. The second kappa shape index (κ2) is 6.52. The van der Waals surface area contributed by atoms with E-state index in [4.69, 9.17) is 5.73 Å². The van der Waals surface area contributed by atoms with Gasteiger partial charge in [0.25, 0.3) is 5.91 Å². The summed E-state index contributed by atoms with van der Waals surface area (Å²) in [5.74, 6) is 0.103. The molecule has 0 spiro atoms. The molecule has 0 radical (unpaired) electrons. The number of nitrogens with zero attached hydrogens (tertiary/aromatic N) is 1. The zero-order chi connectivity index (χ0) is 14.5. The lowest BCUT2D eigenvalue weighted by Gasteiger charge is -2.29. The van der Waals surface area contributed by atoms with Crippen LogP contribution in [0, 0.1) is 5.92 Å². The van der Waals surface area contributed by atoms with Crippen molar-refractivity contribution in [2.24, 2.45) is 11.7 Å². The molecule has 0 unspecified atom stereocenters. The van der Waals surface area contributed by atoms with Crippen LogP contribution < -0.4 is 11.1 Å². The van der Waals surface area contributed by atoms with Crippen molar-refractivity contribution in [1.82, 2.24) is 4.90 Å².